The SMILES string of the molecule is N#CC(CC=O)c1ccc(Br)cc1. The van der Waals surface area contributed by atoms with Gasteiger partial charge in [0.15, 0.2) is 0 Å². The smallest absolute Gasteiger partial charge is 0.121 e. The highest BCUT2D eigenvalue weighted by atomic mass is 79.9. The van der Waals surface area contributed by atoms with E-state index in [0.717, 1.165) is 16.3 Å². The average Bonchev–Trinajstić information content (AvgIpc) is 2.16. The van der Waals surface area contributed by atoms with Crippen molar-refractivity contribution in [3.05, 3.63) is 34.3 Å². The van der Waals surface area contributed by atoms with E-state index in [-0.39, 0.29) is 12.3 Å². The molecule has 0 aliphatic heterocycles. The molecule has 0 fully saturated rings. The molecule has 0 saturated carbocycles. The summed E-state index contributed by atoms with van der Waals surface area (Å²) in [7, 11) is 0. The molecule has 13 heavy (non-hydrogen) atoms. The number of rotatable bonds is 3. The first-order valence-corrected chi connectivity index (χ1v) is 4.66. The minimum absolute atomic E-state index is 0.262. The molecule has 0 radical (unpaired) electrons. The van der Waals surface area contributed by atoms with Gasteiger partial charge in [0, 0.05) is 10.9 Å². The van der Waals surface area contributed by atoms with Gasteiger partial charge in [-0.25, -0.2) is 0 Å². The average molecular weight is 238 g/mol. The summed E-state index contributed by atoms with van der Waals surface area (Å²) in [5, 5.41) is 8.76. The number of hydrogen-bond acceptors (Lipinski definition) is 2. The number of carbonyl (C=O) groups excluding carboxylic acids is 1. The number of carbonyl (C=O) groups is 1. The van der Waals surface area contributed by atoms with Crippen LogP contribution in [0.1, 0.15) is 17.9 Å². The predicted molar refractivity (Wildman–Crippen MR) is 53.2 cm³/mol. The van der Waals surface area contributed by atoms with E-state index < -0.39 is 0 Å². The molecule has 0 saturated heterocycles. The summed E-state index contributed by atoms with van der Waals surface area (Å²) >= 11 is 3.30. The molecule has 0 bridgehead atoms. The Morgan fingerprint density at radius 2 is 2.08 bits per heavy atom. The van der Waals surface area contributed by atoms with Gasteiger partial charge in [-0.15, -0.1) is 0 Å². The van der Waals surface area contributed by atoms with Gasteiger partial charge in [0.2, 0.25) is 0 Å². The third kappa shape index (κ3) is 2.67. The Balaban J connectivity index is 2.87. The Morgan fingerprint density at radius 3 is 2.54 bits per heavy atom. The van der Waals surface area contributed by atoms with E-state index in [1.807, 2.05) is 24.3 Å². The zero-order valence-electron chi connectivity index (χ0n) is 6.90. The number of benzene rings is 1. The number of aldehydes is 1. The Labute approximate surface area is 85.3 Å². The second-order valence-corrected chi connectivity index (χ2v) is 3.55. The van der Waals surface area contributed by atoms with Crippen molar-refractivity contribution in [1.82, 2.24) is 0 Å². The first-order valence-electron chi connectivity index (χ1n) is 3.86. The van der Waals surface area contributed by atoms with E-state index in [9.17, 15) is 4.79 Å². The van der Waals surface area contributed by atoms with Gasteiger partial charge in [0.25, 0.3) is 0 Å². The van der Waals surface area contributed by atoms with Gasteiger partial charge in [0.1, 0.15) is 6.29 Å². The van der Waals surface area contributed by atoms with Gasteiger partial charge in [-0.05, 0) is 17.7 Å². The lowest BCUT2D eigenvalue weighted by atomic mass is 9.98. The quantitative estimate of drug-likeness (QED) is 0.759. The fourth-order valence-electron chi connectivity index (χ4n) is 1.05. The Morgan fingerprint density at radius 1 is 1.46 bits per heavy atom. The highest BCUT2D eigenvalue weighted by molar-refractivity contribution is 9.10. The van der Waals surface area contributed by atoms with Gasteiger partial charge in [-0.1, -0.05) is 28.1 Å². The molecule has 1 aromatic carbocycles. The van der Waals surface area contributed by atoms with Crippen LogP contribution >= 0.6 is 15.9 Å². The van der Waals surface area contributed by atoms with Crippen LogP contribution in [0, 0.1) is 11.3 Å². The van der Waals surface area contributed by atoms with E-state index in [0.29, 0.717) is 0 Å². The van der Waals surface area contributed by atoms with Crippen molar-refractivity contribution >= 4 is 22.2 Å². The maximum Gasteiger partial charge on any atom is 0.121 e. The molecule has 2 nitrogen and oxygen atoms in total. The van der Waals surface area contributed by atoms with Gasteiger partial charge < -0.3 is 4.79 Å². The van der Waals surface area contributed by atoms with Crippen LogP contribution < -0.4 is 0 Å². The first kappa shape index (κ1) is 9.94. The zero-order chi connectivity index (χ0) is 9.68. The van der Waals surface area contributed by atoms with Crippen LogP contribution in [0.4, 0.5) is 0 Å². The second-order valence-electron chi connectivity index (χ2n) is 2.64. The van der Waals surface area contributed by atoms with E-state index >= 15 is 0 Å². The summed E-state index contributed by atoms with van der Waals surface area (Å²) in [4.78, 5) is 10.3. The second kappa shape index (κ2) is 4.78. The fourth-order valence-corrected chi connectivity index (χ4v) is 1.32. The van der Waals surface area contributed by atoms with Crippen LogP contribution in [-0.2, 0) is 4.79 Å². The summed E-state index contributed by atoms with van der Waals surface area (Å²) in [6.07, 6.45) is 1.04. The zero-order valence-corrected chi connectivity index (χ0v) is 8.49. The summed E-state index contributed by atoms with van der Waals surface area (Å²) < 4.78 is 0.971. The molecule has 1 atom stereocenters. The molecular formula is C10H8BrNO. The Hall–Kier alpha value is -1.14. The van der Waals surface area contributed by atoms with Crippen LogP contribution in [0.25, 0.3) is 0 Å². The molecule has 3 heteroatoms. The third-order valence-electron chi connectivity index (χ3n) is 1.76. The largest absolute Gasteiger partial charge is 0.303 e. The minimum atomic E-state index is -0.314. The van der Waals surface area contributed by atoms with E-state index in [2.05, 4.69) is 22.0 Å². The molecule has 0 aliphatic carbocycles. The molecule has 1 rings (SSSR count). The monoisotopic (exact) mass is 237 g/mol. The predicted octanol–water partition coefficient (Wildman–Crippen LogP) is 2.65. The third-order valence-corrected chi connectivity index (χ3v) is 2.29. The fraction of sp³-hybridized carbons (Fsp3) is 0.200. The van der Waals surface area contributed by atoms with Crippen molar-refractivity contribution in [2.24, 2.45) is 0 Å². The molecule has 1 unspecified atom stereocenters. The number of nitrogens with zero attached hydrogens (tertiary/aromatic N) is 1. The minimum Gasteiger partial charge on any atom is -0.303 e. The highest BCUT2D eigenvalue weighted by Crippen LogP contribution is 2.19. The maximum absolute atomic E-state index is 10.3. The Kier molecular flexibility index (Phi) is 3.66. The molecule has 66 valence electrons. The highest BCUT2D eigenvalue weighted by Gasteiger charge is 2.08. The number of hydrogen-bond donors (Lipinski definition) is 0. The molecule has 1 aromatic rings. The normalized spacial score (nSPS) is 11.7. The molecule has 0 heterocycles. The lowest BCUT2D eigenvalue weighted by Gasteiger charge is -2.04. The van der Waals surface area contributed by atoms with Crippen LogP contribution in [0.3, 0.4) is 0 Å². The van der Waals surface area contributed by atoms with Crippen LogP contribution in [-0.4, -0.2) is 6.29 Å². The maximum atomic E-state index is 10.3. The topological polar surface area (TPSA) is 40.9 Å². The molecule has 0 aromatic heterocycles. The summed E-state index contributed by atoms with van der Waals surface area (Å²) in [5.74, 6) is -0.314. The van der Waals surface area contributed by atoms with E-state index in [1.165, 1.54) is 0 Å². The van der Waals surface area contributed by atoms with Crippen molar-refractivity contribution < 1.29 is 4.79 Å². The molecule has 0 N–H and O–H groups in total. The van der Waals surface area contributed by atoms with Crippen LogP contribution in [0.5, 0.6) is 0 Å². The van der Waals surface area contributed by atoms with Crippen molar-refractivity contribution in [2.75, 3.05) is 0 Å². The van der Waals surface area contributed by atoms with Crippen molar-refractivity contribution in [3.63, 3.8) is 0 Å². The Bertz CT molecular complexity index is 326. The van der Waals surface area contributed by atoms with E-state index in [4.69, 9.17) is 5.26 Å². The van der Waals surface area contributed by atoms with Crippen molar-refractivity contribution in [2.45, 2.75) is 12.3 Å². The van der Waals surface area contributed by atoms with E-state index in [1.54, 1.807) is 0 Å². The molecule has 0 aliphatic rings. The van der Waals surface area contributed by atoms with Crippen LogP contribution in [0.2, 0.25) is 0 Å². The van der Waals surface area contributed by atoms with Crippen molar-refractivity contribution in [1.29, 1.82) is 5.26 Å². The lowest BCUT2D eigenvalue weighted by molar-refractivity contribution is -0.107. The summed E-state index contributed by atoms with van der Waals surface area (Å²) in [6.45, 7) is 0. The molecular weight excluding hydrogens is 230 g/mol. The van der Waals surface area contributed by atoms with Gasteiger partial charge in [0.05, 0.1) is 12.0 Å². The number of nitriles is 1. The lowest BCUT2D eigenvalue weighted by Crippen LogP contribution is -1.95. The standard InChI is InChI=1S/C10H8BrNO/c11-10-3-1-8(2-4-10)9(7-12)5-6-13/h1-4,6,9H,5H2. The number of halogens is 1. The molecule has 0 spiro atoms. The molecule has 0 amide bonds. The first-order chi connectivity index (χ1) is 6.27. The summed E-state index contributed by atoms with van der Waals surface area (Å²) in [5.41, 5.74) is 0.887. The van der Waals surface area contributed by atoms with Gasteiger partial charge in [-0.2, -0.15) is 5.26 Å². The van der Waals surface area contributed by atoms with Crippen molar-refractivity contribution in [3.8, 4) is 6.07 Å². The summed E-state index contributed by atoms with van der Waals surface area (Å²) in [6, 6.07) is 9.52. The van der Waals surface area contributed by atoms with Gasteiger partial charge in [-0.3, -0.25) is 0 Å². The van der Waals surface area contributed by atoms with Crippen LogP contribution in [0.15, 0.2) is 28.7 Å². The van der Waals surface area contributed by atoms with Gasteiger partial charge >= 0.3 is 0 Å².